The summed E-state index contributed by atoms with van der Waals surface area (Å²) in [6.07, 6.45) is 0.0644. The highest BCUT2D eigenvalue weighted by molar-refractivity contribution is 5.57. The Hall–Kier alpha value is -1.95. The topological polar surface area (TPSA) is 68.4 Å². The second kappa shape index (κ2) is 6.00. The molecule has 0 spiro atoms. The molecule has 1 N–H and O–H groups in total. The van der Waals surface area contributed by atoms with Gasteiger partial charge in [0.15, 0.2) is 11.6 Å². The summed E-state index contributed by atoms with van der Waals surface area (Å²) >= 11 is 0. The number of methoxy groups -OCH3 is 1. The van der Waals surface area contributed by atoms with Gasteiger partial charge in [-0.3, -0.25) is 0 Å². The van der Waals surface area contributed by atoms with E-state index in [4.69, 9.17) is 9.26 Å². The average Bonchev–Trinajstić information content (AvgIpc) is 2.95. The number of aromatic nitrogens is 2. The molecule has 2 unspecified atom stereocenters. The minimum atomic E-state index is -0.536. The van der Waals surface area contributed by atoms with E-state index in [2.05, 4.69) is 10.1 Å². The molecular weight excluding hydrogens is 263 g/mol. The maximum absolute atomic E-state index is 13.3. The summed E-state index contributed by atoms with van der Waals surface area (Å²) in [4.78, 5) is 4.24. The van der Waals surface area contributed by atoms with Crippen molar-refractivity contribution in [2.45, 2.75) is 32.3 Å². The molecule has 0 amide bonds. The van der Waals surface area contributed by atoms with Crippen LogP contribution in [-0.4, -0.2) is 28.5 Å². The molecule has 108 valence electrons. The smallest absolute Gasteiger partial charge is 0.232 e. The van der Waals surface area contributed by atoms with Crippen molar-refractivity contribution in [3.63, 3.8) is 0 Å². The summed E-state index contributed by atoms with van der Waals surface area (Å²) in [7, 11) is 1.39. The van der Waals surface area contributed by atoms with Crippen molar-refractivity contribution in [3.8, 4) is 17.1 Å². The Morgan fingerprint density at radius 3 is 2.85 bits per heavy atom. The number of ether oxygens (including phenoxy) is 1. The first kappa shape index (κ1) is 14.5. The SMILES string of the molecule is CCC(O)C(C)c1nc(-c2ccc(F)c(OC)c2)no1. The van der Waals surface area contributed by atoms with Crippen molar-refractivity contribution >= 4 is 0 Å². The van der Waals surface area contributed by atoms with Gasteiger partial charge < -0.3 is 14.4 Å². The van der Waals surface area contributed by atoms with Gasteiger partial charge in [-0.2, -0.15) is 4.98 Å². The van der Waals surface area contributed by atoms with E-state index in [0.29, 0.717) is 23.7 Å². The molecule has 0 radical (unpaired) electrons. The standard InChI is InChI=1S/C14H17FN2O3/c1-4-11(18)8(2)14-16-13(17-20-14)9-5-6-10(15)12(7-9)19-3/h5-8,11,18H,4H2,1-3H3. The molecule has 0 bridgehead atoms. The molecule has 0 saturated carbocycles. The molecule has 0 saturated heterocycles. The van der Waals surface area contributed by atoms with Gasteiger partial charge in [-0.25, -0.2) is 4.39 Å². The Morgan fingerprint density at radius 2 is 2.20 bits per heavy atom. The Labute approximate surface area is 116 Å². The molecule has 0 fully saturated rings. The van der Waals surface area contributed by atoms with E-state index >= 15 is 0 Å². The Kier molecular flexibility index (Phi) is 4.34. The molecule has 20 heavy (non-hydrogen) atoms. The monoisotopic (exact) mass is 280 g/mol. The third-order valence-electron chi connectivity index (χ3n) is 3.24. The Morgan fingerprint density at radius 1 is 1.45 bits per heavy atom. The van der Waals surface area contributed by atoms with Crippen LogP contribution >= 0.6 is 0 Å². The first-order valence-electron chi connectivity index (χ1n) is 6.42. The van der Waals surface area contributed by atoms with Crippen LogP contribution in [0.2, 0.25) is 0 Å². The summed E-state index contributed by atoms with van der Waals surface area (Å²) in [5, 5.41) is 13.6. The van der Waals surface area contributed by atoms with Crippen LogP contribution in [0, 0.1) is 5.82 Å². The fourth-order valence-corrected chi connectivity index (χ4v) is 1.85. The van der Waals surface area contributed by atoms with E-state index in [9.17, 15) is 9.50 Å². The maximum atomic E-state index is 13.3. The van der Waals surface area contributed by atoms with Crippen LogP contribution in [0.5, 0.6) is 5.75 Å². The van der Waals surface area contributed by atoms with Gasteiger partial charge in [0.1, 0.15) is 0 Å². The van der Waals surface area contributed by atoms with E-state index in [1.54, 1.807) is 6.07 Å². The zero-order valence-corrected chi connectivity index (χ0v) is 11.6. The highest BCUT2D eigenvalue weighted by atomic mass is 19.1. The maximum Gasteiger partial charge on any atom is 0.232 e. The van der Waals surface area contributed by atoms with Crippen LogP contribution in [0.4, 0.5) is 4.39 Å². The fourth-order valence-electron chi connectivity index (χ4n) is 1.85. The number of nitrogens with zero attached hydrogens (tertiary/aromatic N) is 2. The molecule has 2 atom stereocenters. The number of hydrogen-bond acceptors (Lipinski definition) is 5. The fraction of sp³-hybridized carbons (Fsp3) is 0.429. The van der Waals surface area contributed by atoms with E-state index in [1.807, 2.05) is 13.8 Å². The summed E-state index contributed by atoms with van der Waals surface area (Å²) < 4.78 is 23.4. The van der Waals surface area contributed by atoms with Crippen molar-refractivity contribution in [2.75, 3.05) is 7.11 Å². The van der Waals surface area contributed by atoms with E-state index in [1.165, 1.54) is 19.2 Å². The zero-order valence-electron chi connectivity index (χ0n) is 11.6. The first-order chi connectivity index (χ1) is 9.56. The van der Waals surface area contributed by atoms with Crippen LogP contribution in [0.15, 0.2) is 22.7 Å². The lowest BCUT2D eigenvalue weighted by atomic mass is 10.0. The Balaban J connectivity index is 2.29. The quantitative estimate of drug-likeness (QED) is 0.912. The Bertz CT molecular complexity index is 586. The number of rotatable bonds is 5. The number of aliphatic hydroxyl groups is 1. The van der Waals surface area contributed by atoms with E-state index in [0.717, 1.165) is 0 Å². The van der Waals surface area contributed by atoms with Crippen molar-refractivity contribution in [3.05, 3.63) is 29.9 Å². The molecule has 0 aliphatic rings. The minimum absolute atomic E-state index is 0.121. The van der Waals surface area contributed by atoms with Gasteiger partial charge in [-0.05, 0) is 24.6 Å². The summed E-state index contributed by atoms with van der Waals surface area (Å²) in [5.74, 6) is 0.125. The van der Waals surface area contributed by atoms with Gasteiger partial charge in [0.25, 0.3) is 0 Å². The predicted octanol–water partition coefficient (Wildman–Crippen LogP) is 2.76. The van der Waals surface area contributed by atoms with Crippen molar-refractivity contribution in [2.24, 2.45) is 0 Å². The second-order valence-electron chi connectivity index (χ2n) is 4.57. The summed E-state index contributed by atoms with van der Waals surface area (Å²) in [5.41, 5.74) is 0.594. The molecule has 1 aromatic carbocycles. The molecule has 6 heteroatoms. The van der Waals surface area contributed by atoms with Crippen LogP contribution in [0.25, 0.3) is 11.4 Å². The molecule has 1 heterocycles. The van der Waals surface area contributed by atoms with Crippen molar-refractivity contribution in [1.29, 1.82) is 0 Å². The molecule has 2 aromatic rings. The third-order valence-corrected chi connectivity index (χ3v) is 3.24. The van der Waals surface area contributed by atoms with E-state index < -0.39 is 11.9 Å². The second-order valence-corrected chi connectivity index (χ2v) is 4.57. The summed E-state index contributed by atoms with van der Waals surface area (Å²) in [6, 6.07) is 4.34. The molecule has 0 aliphatic heterocycles. The van der Waals surface area contributed by atoms with Gasteiger partial charge in [-0.15, -0.1) is 0 Å². The predicted molar refractivity (Wildman–Crippen MR) is 71.0 cm³/mol. The average molecular weight is 280 g/mol. The number of benzene rings is 1. The van der Waals surface area contributed by atoms with Crippen LogP contribution in [0.1, 0.15) is 32.1 Å². The van der Waals surface area contributed by atoms with Gasteiger partial charge in [0, 0.05) is 5.56 Å². The van der Waals surface area contributed by atoms with Gasteiger partial charge in [0.05, 0.1) is 19.1 Å². The highest BCUT2D eigenvalue weighted by Crippen LogP contribution is 2.26. The third kappa shape index (κ3) is 2.80. The van der Waals surface area contributed by atoms with Crippen LogP contribution in [0.3, 0.4) is 0 Å². The largest absolute Gasteiger partial charge is 0.494 e. The van der Waals surface area contributed by atoms with Gasteiger partial charge in [-0.1, -0.05) is 19.0 Å². The molecule has 5 nitrogen and oxygen atoms in total. The number of hydrogen-bond donors (Lipinski definition) is 1. The first-order valence-corrected chi connectivity index (χ1v) is 6.42. The lowest BCUT2D eigenvalue weighted by Crippen LogP contribution is -2.14. The van der Waals surface area contributed by atoms with Gasteiger partial charge in [0.2, 0.25) is 11.7 Å². The molecule has 2 rings (SSSR count). The normalized spacial score (nSPS) is 14.1. The van der Waals surface area contributed by atoms with Gasteiger partial charge >= 0.3 is 0 Å². The zero-order chi connectivity index (χ0) is 14.7. The number of aliphatic hydroxyl groups excluding tert-OH is 1. The lowest BCUT2D eigenvalue weighted by Gasteiger charge is -2.11. The van der Waals surface area contributed by atoms with Crippen molar-refractivity contribution < 1.29 is 18.8 Å². The van der Waals surface area contributed by atoms with Crippen molar-refractivity contribution in [1.82, 2.24) is 10.1 Å². The van der Waals surface area contributed by atoms with Crippen LogP contribution < -0.4 is 4.74 Å². The molecular formula is C14H17FN2O3. The minimum Gasteiger partial charge on any atom is -0.494 e. The van der Waals surface area contributed by atoms with E-state index in [-0.39, 0.29) is 11.7 Å². The molecule has 0 aliphatic carbocycles. The highest BCUT2D eigenvalue weighted by Gasteiger charge is 2.21. The summed E-state index contributed by atoms with van der Waals surface area (Å²) in [6.45, 7) is 3.69. The lowest BCUT2D eigenvalue weighted by molar-refractivity contribution is 0.129. The van der Waals surface area contributed by atoms with Crippen LogP contribution in [-0.2, 0) is 0 Å². The molecule has 1 aromatic heterocycles. The number of halogens is 1.